The summed E-state index contributed by atoms with van der Waals surface area (Å²) in [5, 5.41) is 0. The van der Waals surface area contributed by atoms with Gasteiger partial charge in [0.25, 0.3) is 0 Å². The van der Waals surface area contributed by atoms with Crippen molar-refractivity contribution in [1.82, 2.24) is 0 Å². The van der Waals surface area contributed by atoms with E-state index >= 15 is 0 Å². The summed E-state index contributed by atoms with van der Waals surface area (Å²) in [7, 11) is 0. The van der Waals surface area contributed by atoms with E-state index in [-0.39, 0.29) is 36.4 Å². The molecule has 0 aliphatic heterocycles. The van der Waals surface area contributed by atoms with Gasteiger partial charge < -0.3 is 9.47 Å². The second-order valence-electron chi connectivity index (χ2n) is 6.77. The van der Waals surface area contributed by atoms with Crippen LogP contribution < -0.4 is 0 Å². The van der Waals surface area contributed by atoms with Gasteiger partial charge in [0.2, 0.25) is 0 Å². The molecular formula is C13H12F13IO3. The summed E-state index contributed by atoms with van der Waals surface area (Å²) in [6.45, 7) is -1.40. The summed E-state index contributed by atoms with van der Waals surface area (Å²) < 4.78 is 176. The Kier molecular flexibility index (Phi) is 7.62. The Morgan fingerprint density at radius 2 is 1.03 bits per heavy atom. The van der Waals surface area contributed by atoms with E-state index in [4.69, 9.17) is 0 Å². The number of hydrogen-bond donors (Lipinski definition) is 0. The molecule has 0 saturated heterocycles. The number of ether oxygens (including phenoxy) is 2. The van der Waals surface area contributed by atoms with Gasteiger partial charge in [-0.2, -0.15) is 48.3 Å². The molecule has 0 fully saturated rings. The Balaban J connectivity index is 6.74. The van der Waals surface area contributed by atoms with Gasteiger partial charge in [-0.15, -0.1) is 0 Å². The molecule has 0 radical (unpaired) electrons. The van der Waals surface area contributed by atoms with Crippen molar-refractivity contribution in [2.75, 3.05) is 0 Å². The first-order chi connectivity index (χ1) is 12.6. The molecule has 0 rings (SSSR count). The Morgan fingerprint density at radius 3 is 1.27 bits per heavy atom. The molecule has 0 spiro atoms. The maximum Gasteiger partial charge on any atom is 0.435 e. The molecule has 0 aliphatic rings. The van der Waals surface area contributed by atoms with Crippen molar-refractivity contribution in [2.24, 2.45) is 0 Å². The lowest BCUT2D eigenvalue weighted by Gasteiger charge is -2.48. The summed E-state index contributed by atoms with van der Waals surface area (Å²) in [5.74, 6) is 0. The molecule has 180 valence electrons. The van der Waals surface area contributed by atoms with Crippen LogP contribution in [-0.4, -0.2) is 51.2 Å². The van der Waals surface area contributed by atoms with Gasteiger partial charge in [0.15, 0.2) is 0 Å². The van der Waals surface area contributed by atoms with Crippen LogP contribution in [0, 0.1) is 0 Å². The number of alkyl halides is 13. The highest BCUT2D eigenvalue weighted by atomic mass is 127. The van der Waals surface area contributed by atoms with Gasteiger partial charge in [-0.3, -0.25) is 4.79 Å². The monoisotopic (exact) mass is 590 g/mol. The van der Waals surface area contributed by atoms with Crippen LogP contribution >= 0.6 is 22.6 Å². The van der Waals surface area contributed by atoms with Crippen LogP contribution in [0.3, 0.4) is 0 Å². The quantitative estimate of drug-likeness (QED) is 0.147. The maximum absolute atomic E-state index is 14.8. The van der Waals surface area contributed by atoms with Crippen molar-refractivity contribution in [2.45, 2.75) is 72.8 Å². The molecule has 0 N–H and O–H groups in total. The van der Waals surface area contributed by atoms with Crippen molar-refractivity contribution >= 4 is 28.6 Å². The smallest absolute Gasteiger partial charge is 0.307 e. The van der Waals surface area contributed by atoms with Crippen molar-refractivity contribution < 1.29 is 71.3 Å². The summed E-state index contributed by atoms with van der Waals surface area (Å²) in [6.07, 6.45) is -20.2. The minimum atomic E-state index is -6.88. The molecule has 0 aromatic heterocycles. The van der Waals surface area contributed by atoms with Gasteiger partial charge in [-0.1, -0.05) is 0 Å². The zero-order valence-corrected chi connectivity index (χ0v) is 17.2. The van der Waals surface area contributed by atoms with Gasteiger partial charge >= 0.3 is 40.0 Å². The third-order valence-electron chi connectivity index (χ3n) is 3.87. The lowest BCUT2D eigenvalue weighted by Crippen LogP contribution is -2.72. The molecule has 0 saturated carbocycles. The predicted octanol–water partition coefficient (Wildman–Crippen LogP) is 6.19. The van der Waals surface area contributed by atoms with Crippen LogP contribution in [0.25, 0.3) is 0 Å². The lowest BCUT2D eigenvalue weighted by molar-refractivity contribution is -0.454. The van der Waals surface area contributed by atoms with E-state index in [1.54, 1.807) is 0 Å². The maximum atomic E-state index is 14.8. The SMILES string of the molecule is CC(C)(OC(F)(F)C(F)(C(F)(F)F)C(C)(C)OC(F)(F)I)C(F)(C(=O)F)C(F)(F)F. The van der Waals surface area contributed by atoms with Gasteiger partial charge in [-0.25, -0.2) is 8.78 Å². The fourth-order valence-electron chi connectivity index (χ4n) is 2.37. The number of carbonyl (C=O) groups excluding carboxylic acids is 1. The first kappa shape index (κ1) is 29.4. The molecule has 0 bridgehead atoms. The Bertz CT molecular complexity index is 652. The van der Waals surface area contributed by atoms with E-state index in [0.717, 1.165) is 0 Å². The van der Waals surface area contributed by atoms with Gasteiger partial charge in [-0.05, 0) is 27.7 Å². The minimum Gasteiger partial charge on any atom is -0.307 e. The first-order valence-corrected chi connectivity index (χ1v) is 8.25. The first-order valence-electron chi connectivity index (χ1n) is 7.17. The van der Waals surface area contributed by atoms with Crippen LogP contribution in [0.1, 0.15) is 27.7 Å². The average Bonchev–Trinajstić information content (AvgIpc) is 2.38. The molecule has 0 aliphatic carbocycles. The second kappa shape index (κ2) is 7.77. The van der Waals surface area contributed by atoms with Crippen LogP contribution in [0.15, 0.2) is 0 Å². The van der Waals surface area contributed by atoms with Crippen molar-refractivity contribution in [3.05, 3.63) is 0 Å². The number of rotatable bonds is 8. The molecule has 2 atom stereocenters. The highest BCUT2D eigenvalue weighted by Gasteiger charge is 2.83. The summed E-state index contributed by atoms with van der Waals surface area (Å²) >= 11 is -0.0199. The van der Waals surface area contributed by atoms with Crippen LogP contribution in [-0.2, 0) is 14.3 Å². The zero-order chi connectivity index (χ0) is 25.0. The van der Waals surface area contributed by atoms with E-state index in [2.05, 4.69) is 9.47 Å². The van der Waals surface area contributed by atoms with E-state index in [0.29, 0.717) is 0 Å². The van der Waals surface area contributed by atoms with Crippen molar-refractivity contribution in [3.8, 4) is 0 Å². The zero-order valence-electron chi connectivity index (χ0n) is 15.0. The van der Waals surface area contributed by atoms with Gasteiger partial charge in [0.05, 0.1) is 0 Å². The van der Waals surface area contributed by atoms with E-state index in [1.807, 2.05) is 0 Å². The molecular weight excluding hydrogens is 578 g/mol. The topological polar surface area (TPSA) is 35.5 Å². The van der Waals surface area contributed by atoms with E-state index in [1.165, 1.54) is 0 Å². The van der Waals surface area contributed by atoms with E-state index < -0.39 is 65.0 Å². The average molecular weight is 590 g/mol. The molecule has 0 aromatic carbocycles. The van der Waals surface area contributed by atoms with Crippen LogP contribution in [0.5, 0.6) is 0 Å². The normalized spacial score (nSPS) is 19.3. The summed E-state index contributed by atoms with van der Waals surface area (Å²) in [4.78, 5) is 10.5. The van der Waals surface area contributed by atoms with Gasteiger partial charge in [0.1, 0.15) is 11.2 Å². The van der Waals surface area contributed by atoms with Crippen LogP contribution in [0.2, 0.25) is 0 Å². The van der Waals surface area contributed by atoms with Crippen molar-refractivity contribution in [1.29, 1.82) is 0 Å². The molecule has 0 heterocycles. The fourth-order valence-corrected chi connectivity index (χ4v) is 2.92. The van der Waals surface area contributed by atoms with E-state index in [9.17, 15) is 61.9 Å². The molecule has 17 heteroatoms. The highest BCUT2D eigenvalue weighted by Crippen LogP contribution is 2.57. The van der Waals surface area contributed by atoms with Crippen LogP contribution in [0.4, 0.5) is 57.1 Å². The Labute approximate surface area is 173 Å². The standard InChI is InChI=1S/C13H12F13IO3/c1-6(2,8(15,5(14)28)10(17,18)19)29-12(23,24)9(16,11(20,21)22)7(3,4)30-13(25,26)27/h1-4H3. The Hall–Kier alpha value is -0.590. The fraction of sp³-hybridized carbons (Fsp3) is 0.923. The lowest BCUT2D eigenvalue weighted by atomic mass is 9.83. The highest BCUT2D eigenvalue weighted by molar-refractivity contribution is 14.1. The number of carbonyl (C=O) groups is 1. The predicted molar refractivity (Wildman–Crippen MR) is 80.1 cm³/mol. The summed E-state index contributed by atoms with van der Waals surface area (Å²) in [5.41, 5.74) is -21.2. The molecule has 0 amide bonds. The number of hydrogen-bond acceptors (Lipinski definition) is 3. The molecule has 30 heavy (non-hydrogen) atoms. The molecule has 0 aromatic rings. The second-order valence-corrected chi connectivity index (χ2v) is 8.03. The summed E-state index contributed by atoms with van der Waals surface area (Å²) in [6, 6.07) is -4.00. The third-order valence-corrected chi connectivity index (χ3v) is 4.09. The molecule has 3 nitrogen and oxygen atoms in total. The van der Waals surface area contributed by atoms with Crippen molar-refractivity contribution in [3.63, 3.8) is 0 Å². The molecule has 2 unspecified atom stereocenters. The minimum absolute atomic E-state index is 0.0199. The van der Waals surface area contributed by atoms with Gasteiger partial charge in [0, 0.05) is 22.6 Å². The Morgan fingerprint density at radius 1 is 0.667 bits per heavy atom. The largest absolute Gasteiger partial charge is 0.435 e. The number of halogens is 14. The third kappa shape index (κ3) is 4.91.